The van der Waals surface area contributed by atoms with Crippen molar-refractivity contribution in [2.24, 2.45) is 0 Å². The van der Waals surface area contributed by atoms with Gasteiger partial charge in [0, 0.05) is 44.1 Å². The average molecular weight is 347 g/mol. The van der Waals surface area contributed by atoms with Gasteiger partial charge in [0.25, 0.3) is 11.8 Å². The van der Waals surface area contributed by atoms with Crippen LogP contribution in [-0.4, -0.2) is 57.8 Å². The molecule has 2 aromatic rings. The van der Waals surface area contributed by atoms with E-state index >= 15 is 0 Å². The van der Waals surface area contributed by atoms with E-state index < -0.39 is 17.5 Å². The molecule has 9 heteroatoms. The maximum Gasteiger partial charge on any atom is 0.276 e. The zero-order valence-corrected chi connectivity index (χ0v) is 13.2. The van der Waals surface area contributed by atoms with Crippen molar-refractivity contribution in [3.63, 3.8) is 0 Å². The van der Waals surface area contributed by atoms with Gasteiger partial charge in [0.15, 0.2) is 23.1 Å². The first-order chi connectivity index (χ1) is 12.0. The lowest BCUT2D eigenvalue weighted by Crippen LogP contribution is -2.50. The van der Waals surface area contributed by atoms with Crippen LogP contribution in [0, 0.1) is 11.6 Å². The molecule has 2 N–H and O–H groups in total. The zero-order valence-electron chi connectivity index (χ0n) is 13.2. The molecule has 0 unspecified atom stereocenters. The molecule has 0 atom stereocenters. The van der Waals surface area contributed by atoms with Crippen LogP contribution in [-0.2, 0) is 0 Å². The summed E-state index contributed by atoms with van der Waals surface area (Å²) < 4.78 is 26.2. The van der Waals surface area contributed by atoms with Crippen LogP contribution in [0.25, 0.3) is 0 Å². The van der Waals surface area contributed by atoms with E-state index in [0.717, 1.165) is 12.1 Å². The molecule has 2 amide bonds. The van der Waals surface area contributed by atoms with Gasteiger partial charge in [0.2, 0.25) is 0 Å². The van der Waals surface area contributed by atoms with Crippen molar-refractivity contribution in [2.75, 3.05) is 31.9 Å². The fourth-order valence-electron chi connectivity index (χ4n) is 2.59. The number of nitrogen functional groups attached to an aromatic ring is 1. The molecule has 1 aromatic heterocycles. The molecule has 1 fully saturated rings. The molecule has 2 heterocycles. The Kier molecular flexibility index (Phi) is 4.55. The lowest BCUT2D eigenvalue weighted by Gasteiger charge is -2.34. The number of anilines is 1. The lowest BCUT2D eigenvalue weighted by atomic mass is 10.1. The maximum absolute atomic E-state index is 13.3. The number of nitrogens with two attached hydrogens (primary N) is 1. The van der Waals surface area contributed by atoms with E-state index in [1.807, 2.05) is 0 Å². The van der Waals surface area contributed by atoms with Crippen molar-refractivity contribution >= 4 is 17.6 Å². The van der Waals surface area contributed by atoms with Gasteiger partial charge in [-0.15, -0.1) is 0 Å². The zero-order chi connectivity index (χ0) is 18.0. The summed E-state index contributed by atoms with van der Waals surface area (Å²) in [5, 5.41) is 0. The molecule has 0 bridgehead atoms. The summed E-state index contributed by atoms with van der Waals surface area (Å²) >= 11 is 0. The number of amides is 2. The number of nitrogens with zero attached hydrogens (tertiary/aromatic N) is 4. The number of piperazine rings is 1. The number of hydrogen-bond donors (Lipinski definition) is 1. The van der Waals surface area contributed by atoms with Crippen LogP contribution in [0.5, 0.6) is 0 Å². The Hall–Kier alpha value is -3.10. The van der Waals surface area contributed by atoms with Crippen LogP contribution in [0.1, 0.15) is 20.8 Å². The highest BCUT2D eigenvalue weighted by molar-refractivity contribution is 5.97. The van der Waals surface area contributed by atoms with Crippen LogP contribution in [0.4, 0.5) is 14.6 Å². The Bertz CT molecular complexity index is 822. The van der Waals surface area contributed by atoms with Gasteiger partial charge in [-0.25, -0.2) is 18.7 Å². The Balaban J connectivity index is 1.65. The van der Waals surface area contributed by atoms with Crippen LogP contribution in [0.15, 0.2) is 30.6 Å². The molecule has 0 saturated carbocycles. The largest absolute Gasteiger partial charge is 0.382 e. The first kappa shape index (κ1) is 16.7. The number of carbonyl (C=O) groups excluding carboxylic acids is 2. The molecule has 0 spiro atoms. The third kappa shape index (κ3) is 3.39. The molecule has 1 saturated heterocycles. The fraction of sp³-hybridized carbons (Fsp3) is 0.250. The molecular weight excluding hydrogens is 332 g/mol. The average Bonchev–Trinajstić information content (AvgIpc) is 2.63. The number of aromatic nitrogens is 2. The van der Waals surface area contributed by atoms with Gasteiger partial charge in [-0.3, -0.25) is 9.59 Å². The molecule has 130 valence electrons. The van der Waals surface area contributed by atoms with E-state index in [-0.39, 0.29) is 49.2 Å². The second kappa shape index (κ2) is 6.80. The standard InChI is InChI=1S/C16H15F2N5O2/c17-11-2-1-10(9-12(11)18)15(24)22-5-7-23(8-6-22)16(25)13-14(19)21-4-3-20-13/h1-4,9H,5-8H2,(H2,19,21). The summed E-state index contributed by atoms with van der Waals surface area (Å²) in [4.78, 5) is 35.5. The number of halogens is 2. The van der Waals surface area contributed by atoms with E-state index in [9.17, 15) is 18.4 Å². The van der Waals surface area contributed by atoms with Crippen molar-refractivity contribution in [1.82, 2.24) is 19.8 Å². The molecule has 0 radical (unpaired) electrons. The smallest absolute Gasteiger partial charge is 0.276 e. The SMILES string of the molecule is Nc1nccnc1C(=O)N1CCN(C(=O)c2ccc(F)c(F)c2)CC1. The first-order valence-corrected chi connectivity index (χ1v) is 7.57. The molecule has 1 aromatic carbocycles. The highest BCUT2D eigenvalue weighted by Gasteiger charge is 2.27. The second-order valence-corrected chi connectivity index (χ2v) is 5.50. The molecule has 25 heavy (non-hydrogen) atoms. The van der Waals surface area contributed by atoms with Gasteiger partial charge in [0.05, 0.1) is 0 Å². The van der Waals surface area contributed by atoms with Crippen molar-refractivity contribution in [1.29, 1.82) is 0 Å². The molecule has 0 aliphatic carbocycles. The molecular formula is C16H15F2N5O2. The van der Waals surface area contributed by atoms with Crippen LogP contribution in [0.2, 0.25) is 0 Å². The number of rotatable bonds is 2. The summed E-state index contributed by atoms with van der Waals surface area (Å²) in [6.45, 7) is 1.10. The van der Waals surface area contributed by atoms with Gasteiger partial charge in [0.1, 0.15) is 0 Å². The molecule has 1 aliphatic rings. The topological polar surface area (TPSA) is 92.4 Å². The van der Waals surface area contributed by atoms with E-state index in [2.05, 4.69) is 9.97 Å². The summed E-state index contributed by atoms with van der Waals surface area (Å²) in [7, 11) is 0. The van der Waals surface area contributed by atoms with E-state index in [1.54, 1.807) is 0 Å². The van der Waals surface area contributed by atoms with E-state index in [1.165, 1.54) is 28.3 Å². The van der Waals surface area contributed by atoms with E-state index in [4.69, 9.17) is 5.73 Å². The van der Waals surface area contributed by atoms with Gasteiger partial charge >= 0.3 is 0 Å². The van der Waals surface area contributed by atoms with Crippen molar-refractivity contribution in [2.45, 2.75) is 0 Å². The maximum atomic E-state index is 13.3. The summed E-state index contributed by atoms with van der Waals surface area (Å²) in [5.41, 5.74) is 5.79. The predicted molar refractivity (Wildman–Crippen MR) is 84.6 cm³/mol. The van der Waals surface area contributed by atoms with Gasteiger partial charge < -0.3 is 15.5 Å². The Morgan fingerprint density at radius 1 is 0.920 bits per heavy atom. The minimum absolute atomic E-state index is 0.0489. The Labute approximate surface area is 142 Å². The predicted octanol–water partition coefficient (Wildman–Crippen LogP) is 0.935. The summed E-state index contributed by atoms with van der Waals surface area (Å²) in [6, 6.07) is 3.02. The monoisotopic (exact) mass is 347 g/mol. The van der Waals surface area contributed by atoms with Gasteiger partial charge in [-0.2, -0.15) is 0 Å². The normalized spacial score (nSPS) is 14.5. The second-order valence-electron chi connectivity index (χ2n) is 5.50. The Morgan fingerprint density at radius 2 is 1.52 bits per heavy atom. The van der Waals surface area contributed by atoms with E-state index in [0.29, 0.717) is 0 Å². The van der Waals surface area contributed by atoms with Crippen molar-refractivity contribution in [3.8, 4) is 0 Å². The molecule has 1 aliphatic heterocycles. The van der Waals surface area contributed by atoms with Gasteiger partial charge in [-0.1, -0.05) is 0 Å². The minimum Gasteiger partial charge on any atom is -0.382 e. The summed E-state index contributed by atoms with van der Waals surface area (Å²) in [6.07, 6.45) is 2.77. The van der Waals surface area contributed by atoms with Crippen molar-refractivity contribution in [3.05, 3.63) is 53.5 Å². The molecule has 7 nitrogen and oxygen atoms in total. The van der Waals surface area contributed by atoms with Crippen LogP contribution < -0.4 is 5.73 Å². The third-order valence-corrected chi connectivity index (χ3v) is 3.95. The first-order valence-electron chi connectivity index (χ1n) is 7.57. The van der Waals surface area contributed by atoms with Crippen LogP contribution >= 0.6 is 0 Å². The van der Waals surface area contributed by atoms with Crippen LogP contribution in [0.3, 0.4) is 0 Å². The summed E-state index contributed by atoms with van der Waals surface area (Å²) in [5.74, 6) is -2.80. The lowest BCUT2D eigenvalue weighted by molar-refractivity contribution is 0.0532. The third-order valence-electron chi connectivity index (χ3n) is 3.95. The quantitative estimate of drug-likeness (QED) is 0.873. The highest BCUT2D eigenvalue weighted by atomic mass is 19.2. The Morgan fingerprint density at radius 3 is 2.12 bits per heavy atom. The number of carbonyl (C=O) groups is 2. The van der Waals surface area contributed by atoms with Crippen molar-refractivity contribution < 1.29 is 18.4 Å². The molecule has 3 rings (SSSR count). The number of hydrogen-bond acceptors (Lipinski definition) is 5. The van der Waals surface area contributed by atoms with Gasteiger partial charge in [-0.05, 0) is 18.2 Å². The minimum atomic E-state index is -1.07. The highest BCUT2D eigenvalue weighted by Crippen LogP contribution is 2.15. The fourth-order valence-corrected chi connectivity index (χ4v) is 2.59. The number of benzene rings is 1.